The Morgan fingerprint density at radius 1 is 1.18 bits per heavy atom. The van der Waals surface area contributed by atoms with Crippen LogP contribution < -0.4 is 10.4 Å². The van der Waals surface area contributed by atoms with Crippen LogP contribution in [0.3, 0.4) is 0 Å². The highest BCUT2D eigenvalue weighted by atomic mass is 32.1. The summed E-state index contributed by atoms with van der Waals surface area (Å²) in [5, 5.41) is 1.95. The number of hydrogen-bond acceptors (Lipinski definition) is 2. The minimum atomic E-state index is 0.961. The van der Waals surface area contributed by atoms with Gasteiger partial charge in [-0.05, 0) is 22.6 Å². The fourth-order valence-electron chi connectivity index (χ4n) is 0.989. The van der Waals surface area contributed by atoms with Gasteiger partial charge in [0.25, 0.3) is 0 Å². The third-order valence-electron chi connectivity index (χ3n) is 1.65. The predicted molar refractivity (Wildman–Crippen MR) is 49.9 cm³/mol. The van der Waals surface area contributed by atoms with Crippen molar-refractivity contribution >= 4 is 34.7 Å². The fraction of sp³-hybridized carbons (Fsp3) is 0. The van der Waals surface area contributed by atoms with E-state index < -0.39 is 0 Å². The van der Waals surface area contributed by atoms with Gasteiger partial charge in [-0.15, -0.1) is 11.3 Å². The Labute approximate surface area is 68.3 Å². The maximum absolute atomic E-state index is 4.17. The van der Waals surface area contributed by atoms with E-state index in [1.807, 2.05) is 17.6 Å². The van der Waals surface area contributed by atoms with E-state index in [-0.39, 0.29) is 0 Å². The smallest absolute Gasteiger partial charge is 0.0818 e. The molecule has 0 aliphatic carbocycles. The minimum Gasteiger partial charge on any atom is -0.245 e. The lowest BCUT2D eigenvalue weighted by atomic mass is 10.2. The molecule has 54 valence electrons. The molecule has 0 fully saturated rings. The Bertz CT molecular complexity index is 440. The molecular weight excluding hydrogens is 154 g/mol. The molecule has 0 N–H and O–H groups in total. The first kappa shape index (κ1) is 6.55. The number of rotatable bonds is 0. The second-order valence-corrected chi connectivity index (χ2v) is 3.33. The number of fused-ring (bicyclic) bond motifs is 1. The van der Waals surface area contributed by atoms with Gasteiger partial charge in [-0.1, -0.05) is 13.2 Å². The van der Waals surface area contributed by atoms with Crippen molar-refractivity contribution < 1.29 is 0 Å². The van der Waals surface area contributed by atoms with Crippen molar-refractivity contribution in [3.05, 3.63) is 28.1 Å². The van der Waals surface area contributed by atoms with Gasteiger partial charge in [0.15, 0.2) is 0 Å². The molecule has 0 spiro atoms. The van der Waals surface area contributed by atoms with Crippen LogP contribution in [0.1, 0.15) is 0 Å². The summed E-state index contributed by atoms with van der Waals surface area (Å²) in [5.41, 5.74) is 2.86. The molecule has 2 rings (SSSR count). The number of benzene rings is 1. The highest BCUT2D eigenvalue weighted by Crippen LogP contribution is 2.12. The lowest BCUT2D eigenvalue weighted by Gasteiger charge is -1.86. The van der Waals surface area contributed by atoms with Crippen molar-refractivity contribution in [1.29, 1.82) is 0 Å². The molecule has 1 aromatic heterocycles. The molecule has 0 radical (unpaired) electrons. The van der Waals surface area contributed by atoms with E-state index in [9.17, 15) is 0 Å². The first-order chi connectivity index (χ1) is 5.27. The number of thiazole rings is 1. The Kier molecular flexibility index (Phi) is 1.29. The molecule has 0 amide bonds. The Balaban J connectivity index is 3.09. The normalized spacial score (nSPS) is 10.5. The summed E-state index contributed by atoms with van der Waals surface area (Å²) in [5.74, 6) is 0. The van der Waals surface area contributed by atoms with E-state index >= 15 is 0 Å². The molecule has 0 saturated carbocycles. The monoisotopic (exact) mass is 161 g/mol. The molecule has 2 heteroatoms. The second kappa shape index (κ2) is 2.17. The van der Waals surface area contributed by atoms with Crippen LogP contribution in [0.5, 0.6) is 0 Å². The summed E-state index contributed by atoms with van der Waals surface area (Å²) in [6.45, 7) is 7.72. The number of hydrogen-bond donors (Lipinski definition) is 0. The van der Waals surface area contributed by atoms with Crippen LogP contribution >= 0.6 is 11.3 Å². The lowest BCUT2D eigenvalue weighted by molar-refractivity contribution is 1.48. The van der Waals surface area contributed by atoms with Gasteiger partial charge in [0, 0.05) is 0 Å². The summed E-state index contributed by atoms with van der Waals surface area (Å²) in [6, 6.07) is 3.99. The van der Waals surface area contributed by atoms with Crippen LogP contribution in [0.4, 0.5) is 0 Å². The van der Waals surface area contributed by atoms with E-state index in [1.165, 1.54) is 4.70 Å². The van der Waals surface area contributed by atoms with E-state index in [2.05, 4.69) is 18.1 Å². The summed E-state index contributed by atoms with van der Waals surface area (Å²) < 4.78 is 1.18. The summed E-state index contributed by atoms with van der Waals surface area (Å²) >= 11 is 1.63. The van der Waals surface area contributed by atoms with Crippen LogP contribution in [0.15, 0.2) is 17.6 Å². The molecule has 0 aliphatic heterocycles. The Hall–Kier alpha value is -1.15. The highest BCUT2D eigenvalue weighted by Gasteiger charge is 1.93. The van der Waals surface area contributed by atoms with Crippen molar-refractivity contribution in [3.63, 3.8) is 0 Å². The average molecular weight is 161 g/mol. The zero-order chi connectivity index (χ0) is 7.84. The largest absolute Gasteiger partial charge is 0.245 e. The fourth-order valence-corrected chi connectivity index (χ4v) is 1.71. The van der Waals surface area contributed by atoms with Gasteiger partial charge in [-0.2, -0.15) is 0 Å². The zero-order valence-electron chi connectivity index (χ0n) is 6.00. The summed E-state index contributed by atoms with van der Waals surface area (Å²) in [7, 11) is 0. The van der Waals surface area contributed by atoms with Crippen molar-refractivity contribution in [1.82, 2.24) is 4.98 Å². The maximum atomic E-state index is 4.17. The highest BCUT2D eigenvalue weighted by molar-refractivity contribution is 7.16. The van der Waals surface area contributed by atoms with Gasteiger partial charge in [-0.3, -0.25) is 0 Å². The van der Waals surface area contributed by atoms with Crippen molar-refractivity contribution in [2.75, 3.05) is 0 Å². The van der Waals surface area contributed by atoms with E-state index in [4.69, 9.17) is 0 Å². The molecular formula is C9H7NS. The second-order valence-electron chi connectivity index (χ2n) is 2.44. The topological polar surface area (TPSA) is 12.9 Å². The SMILES string of the molecule is C=c1cc2ncsc2cc1=C. The van der Waals surface area contributed by atoms with Crippen LogP contribution in [0.2, 0.25) is 0 Å². The molecule has 2 aromatic rings. The van der Waals surface area contributed by atoms with Gasteiger partial charge in [0.1, 0.15) is 0 Å². The third-order valence-corrected chi connectivity index (χ3v) is 2.44. The molecule has 1 aromatic carbocycles. The van der Waals surface area contributed by atoms with Crippen LogP contribution in [-0.4, -0.2) is 4.98 Å². The minimum absolute atomic E-state index is 0.961. The first-order valence-corrected chi connectivity index (χ1v) is 4.16. The molecule has 1 heterocycles. The molecule has 0 saturated heterocycles. The standard InChI is InChI=1S/C9H7NS/c1-6-3-8-9(4-7(6)2)11-5-10-8/h3-5H,1-2H2. The summed E-state index contributed by atoms with van der Waals surface area (Å²) in [4.78, 5) is 4.17. The molecule has 0 aliphatic rings. The van der Waals surface area contributed by atoms with Crippen molar-refractivity contribution in [3.8, 4) is 0 Å². The van der Waals surface area contributed by atoms with E-state index in [1.54, 1.807) is 11.3 Å². The number of aromatic nitrogens is 1. The van der Waals surface area contributed by atoms with Gasteiger partial charge >= 0.3 is 0 Å². The van der Waals surface area contributed by atoms with Gasteiger partial charge in [0.05, 0.1) is 15.7 Å². The average Bonchev–Trinajstić information content (AvgIpc) is 2.36. The molecule has 11 heavy (non-hydrogen) atoms. The predicted octanol–water partition coefficient (Wildman–Crippen LogP) is 1.12. The third kappa shape index (κ3) is 0.955. The zero-order valence-corrected chi connectivity index (χ0v) is 6.82. The lowest BCUT2D eigenvalue weighted by Crippen LogP contribution is -2.19. The van der Waals surface area contributed by atoms with Crippen LogP contribution in [0, 0.1) is 0 Å². The molecule has 1 nitrogen and oxygen atoms in total. The Morgan fingerprint density at radius 2 is 1.91 bits per heavy atom. The Morgan fingerprint density at radius 3 is 2.73 bits per heavy atom. The van der Waals surface area contributed by atoms with Crippen molar-refractivity contribution in [2.24, 2.45) is 0 Å². The van der Waals surface area contributed by atoms with Gasteiger partial charge in [0.2, 0.25) is 0 Å². The van der Waals surface area contributed by atoms with Crippen molar-refractivity contribution in [2.45, 2.75) is 0 Å². The van der Waals surface area contributed by atoms with Crippen LogP contribution in [0.25, 0.3) is 23.4 Å². The van der Waals surface area contributed by atoms with Crippen LogP contribution in [-0.2, 0) is 0 Å². The van der Waals surface area contributed by atoms with E-state index in [0.717, 1.165) is 16.0 Å². The van der Waals surface area contributed by atoms with Gasteiger partial charge < -0.3 is 0 Å². The molecule has 0 bridgehead atoms. The molecule has 0 atom stereocenters. The molecule has 0 unspecified atom stereocenters. The van der Waals surface area contributed by atoms with E-state index in [0.29, 0.717) is 0 Å². The maximum Gasteiger partial charge on any atom is 0.0818 e. The number of nitrogens with zero attached hydrogens (tertiary/aromatic N) is 1. The quantitative estimate of drug-likeness (QED) is 0.564. The van der Waals surface area contributed by atoms with Gasteiger partial charge in [-0.25, -0.2) is 4.98 Å². The first-order valence-electron chi connectivity index (χ1n) is 3.28. The summed E-state index contributed by atoms with van der Waals surface area (Å²) in [6.07, 6.45) is 0.